The summed E-state index contributed by atoms with van der Waals surface area (Å²) in [6.45, 7) is 2.65. The Bertz CT molecular complexity index is 453. The minimum absolute atomic E-state index is 0.0736. The lowest BCUT2D eigenvalue weighted by Crippen LogP contribution is -2.37. The monoisotopic (exact) mass is 291 g/mol. The van der Waals surface area contributed by atoms with E-state index in [1.165, 1.54) is 12.8 Å². The molecule has 0 unspecified atom stereocenters. The second kappa shape index (κ2) is 7.91. The van der Waals surface area contributed by atoms with Gasteiger partial charge in [0.15, 0.2) is 11.5 Å². The Morgan fingerprint density at radius 3 is 2.52 bits per heavy atom. The molecule has 1 saturated carbocycles. The number of ether oxygens (including phenoxy) is 2. The van der Waals surface area contributed by atoms with Crippen molar-refractivity contribution in [3.05, 3.63) is 24.3 Å². The Balaban J connectivity index is 1.69. The molecule has 0 aromatic heterocycles. The van der Waals surface area contributed by atoms with Crippen LogP contribution in [0.1, 0.15) is 39.0 Å². The van der Waals surface area contributed by atoms with E-state index in [1.54, 1.807) is 7.11 Å². The normalized spacial score (nSPS) is 21.6. The summed E-state index contributed by atoms with van der Waals surface area (Å²) in [5.74, 6) is 2.25. The van der Waals surface area contributed by atoms with Crippen molar-refractivity contribution in [1.82, 2.24) is 5.32 Å². The molecule has 1 amide bonds. The minimum atomic E-state index is 0.0736. The molecular formula is C17H25NO3. The number of benzene rings is 1. The van der Waals surface area contributed by atoms with Crippen LogP contribution < -0.4 is 14.8 Å². The number of methoxy groups -OCH3 is 1. The van der Waals surface area contributed by atoms with Gasteiger partial charge in [-0.3, -0.25) is 4.79 Å². The number of nitrogens with one attached hydrogen (secondary N) is 1. The molecule has 4 heteroatoms. The second-order valence-electron chi connectivity index (χ2n) is 5.77. The lowest BCUT2D eigenvalue weighted by atomic mass is 9.87. The van der Waals surface area contributed by atoms with Crippen LogP contribution in [0, 0.1) is 5.92 Å². The molecule has 0 atom stereocenters. The van der Waals surface area contributed by atoms with Crippen molar-refractivity contribution < 1.29 is 14.3 Å². The zero-order valence-electron chi connectivity index (χ0n) is 12.9. The van der Waals surface area contributed by atoms with Crippen LogP contribution in [0.2, 0.25) is 0 Å². The van der Waals surface area contributed by atoms with Gasteiger partial charge < -0.3 is 14.8 Å². The molecule has 0 bridgehead atoms. The van der Waals surface area contributed by atoms with Crippen LogP contribution in [-0.2, 0) is 4.79 Å². The van der Waals surface area contributed by atoms with Crippen molar-refractivity contribution in [2.45, 2.75) is 45.1 Å². The molecule has 0 saturated heterocycles. The Kier molecular flexibility index (Phi) is 5.90. The van der Waals surface area contributed by atoms with Crippen molar-refractivity contribution in [3.8, 4) is 11.5 Å². The molecule has 2 rings (SSSR count). The summed E-state index contributed by atoms with van der Waals surface area (Å²) in [6, 6.07) is 7.82. The smallest absolute Gasteiger partial charge is 0.223 e. The average Bonchev–Trinajstić information content (AvgIpc) is 2.50. The highest BCUT2D eigenvalue weighted by Crippen LogP contribution is 2.26. The van der Waals surface area contributed by atoms with Gasteiger partial charge in [-0.05, 0) is 43.7 Å². The van der Waals surface area contributed by atoms with Crippen molar-refractivity contribution in [1.29, 1.82) is 0 Å². The zero-order valence-corrected chi connectivity index (χ0v) is 12.9. The summed E-state index contributed by atoms with van der Waals surface area (Å²) < 4.78 is 10.8. The first-order chi connectivity index (χ1) is 10.2. The van der Waals surface area contributed by atoms with E-state index < -0.39 is 0 Å². The third-order valence-electron chi connectivity index (χ3n) is 4.04. The predicted molar refractivity (Wildman–Crippen MR) is 82.7 cm³/mol. The molecule has 1 aliphatic rings. The van der Waals surface area contributed by atoms with Crippen LogP contribution in [0.25, 0.3) is 0 Å². The first-order valence-corrected chi connectivity index (χ1v) is 7.74. The Hall–Kier alpha value is -1.71. The third-order valence-corrected chi connectivity index (χ3v) is 4.04. The van der Waals surface area contributed by atoms with Crippen molar-refractivity contribution in [2.24, 2.45) is 5.92 Å². The zero-order chi connectivity index (χ0) is 15.1. The molecule has 21 heavy (non-hydrogen) atoms. The van der Waals surface area contributed by atoms with E-state index in [0.29, 0.717) is 30.6 Å². The van der Waals surface area contributed by atoms with Crippen LogP contribution in [-0.4, -0.2) is 25.7 Å². The first kappa shape index (κ1) is 15.7. The van der Waals surface area contributed by atoms with Crippen LogP contribution in [0.15, 0.2) is 24.3 Å². The molecule has 0 radical (unpaired) electrons. The van der Waals surface area contributed by atoms with Crippen molar-refractivity contribution >= 4 is 5.91 Å². The Morgan fingerprint density at radius 2 is 1.86 bits per heavy atom. The molecule has 1 fully saturated rings. The molecule has 1 aromatic rings. The van der Waals surface area contributed by atoms with Gasteiger partial charge in [0.25, 0.3) is 0 Å². The largest absolute Gasteiger partial charge is 0.493 e. The van der Waals surface area contributed by atoms with E-state index in [2.05, 4.69) is 12.2 Å². The van der Waals surface area contributed by atoms with E-state index in [1.807, 2.05) is 24.3 Å². The van der Waals surface area contributed by atoms with E-state index >= 15 is 0 Å². The van der Waals surface area contributed by atoms with E-state index in [0.717, 1.165) is 18.8 Å². The number of amides is 1. The maximum atomic E-state index is 11.9. The SMILES string of the molecule is COc1ccccc1OCCC(=O)NC1CCC(C)CC1. The lowest BCUT2D eigenvalue weighted by Gasteiger charge is -2.26. The fourth-order valence-corrected chi connectivity index (χ4v) is 2.70. The maximum Gasteiger partial charge on any atom is 0.223 e. The summed E-state index contributed by atoms with van der Waals surface area (Å²) in [4.78, 5) is 11.9. The quantitative estimate of drug-likeness (QED) is 0.876. The van der Waals surface area contributed by atoms with Crippen LogP contribution in [0.3, 0.4) is 0 Å². The number of para-hydroxylation sites is 2. The third kappa shape index (κ3) is 4.96. The fourth-order valence-electron chi connectivity index (χ4n) is 2.70. The average molecular weight is 291 g/mol. The highest BCUT2D eigenvalue weighted by molar-refractivity contribution is 5.76. The second-order valence-corrected chi connectivity index (χ2v) is 5.77. The highest BCUT2D eigenvalue weighted by Gasteiger charge is 2.19. The number of carbonyl (C=O) groups is 1. The van der Waals surface area contributed by atoms with Gasteiger partial charge in [0.1, 0.15) is 0 Å². The van der Waals surface area contributed by atoms with Gasteiger partial charge in [0.2, 0.25) is 5.91 Å². The summed E-state index contributed by atoms with van der Waals surface area (Å²) in [5, 5.41) is 3.10. The topological polar surface area (TPSA) is 47.6 Å². The van der Waals surface area contributed by atoms with E-state index in [4.69, 9.17) is 9.47 Å². The molecular weight excluding hydrogens is 266 g/mol. The molecule has 116 valence electrons. The molecule has 0 aliphatic heterocycles. The van der Waals surface area contributed by atoms with Crippen LogP contribution in [0.4, 0.5) is 0 Å². The van der Waals surface area contributed by atoms with Crippen LogP contribution in [0.5, 0.6) is 11.5 Å². The standard InChI is InChI=1S/C17H25NO3/c1-13-7-9-14(10-8-13)18-17(19)11-12-21-16-6-4-3-5-15(16)20-2/h3-6,13-14H,7-12H2,1-2H3,(H,18,19). The van der Waals surface area contributed by atoms with Crippen LogP contribution >= 0.6 is 0 Å². The number of hydrogen-bond donors (Lipinski definition) is 1. The first-order valence-electron chi connectivity index (χ1n) is 7.74. The number of carbonyl (C=O) groups excluding carboxylic acids is 1. The number of rotatable bonds is 6. The van der Waals surface area contributed by atoms with Crippen molar-refractivity contribution in [3.63, 3.8) is 0 Å². The Morgan fingerprint density at radius 1 is 1.19 bits per heavy atom. The maximum absolute atomic E-state index is 11.9. The van der Waals surface area contributed by atoms with Gasteiger partial charge in [-0.1, -0.05) is 19.1 Å². The summed E-state index contributed by atoms with van der Waals surface area (Å²) in [6.07, 6.45) is 5.00. The number of hydrogen-bond acceptors (Lipinski definition) is 3. The molecule has 0 spiro atoms. The predicted octanol–water partition coefficient (Wildman–Crippen LogP) is 3.16. The fraction of sp³-hybridized carbons (Fsp3) is 0.588. The van der Waals surface area contributed by atoms with Gasteiger partial charge in [-0.25, -0.2) is 0 Å². The van der Waals surface area contributed by atoms with E-state index in [-0.39, 0.29) is 5.91 Å². The summed E-state index contributed by atoms with van der Waals surface area (Å²) in [7, 11) is 1.61. The van der Waals surface area contributed by atoms with Gasteiger partial charge >= 0.3 is 0 Å². The van der Waals surface area contributed by atoms with Gasteiger partial charge in [0, 0.05) is 6.04 Å². The van der Waals surface area contributed by atoms with Gasteiger partial charge in [-0.2, -0.15) is 0 Å². The van der Waals surface area contributed by atoms with Gasteiger partial charge in [0.05, 0.1) is 20.1 Å². The Labute approximate surface area is 126 Å². The summed E-state index contributed by atoms with van der Waals surface area (Å²) >= 11 is 0. The minimum Gasteiger partial charge on any atom is -0.493 e. The highest BCUT2D eigenvalue weighted by atomic mass is 16.5. The molecule has 1 N–H and O–H groups in total. The lowest BCUT2D eigenvalue weighted by molar-refractivity contribution is -0.122. The van der Waals surface area contributed by atoms with Crippen molar-refractivity contribution in [2.75, 3.05) is 13.7 Å². The molecule has 1 aromatic carbocycles. The van der Waals surface area contributed by atoms with E-state index in [9.17, 15) is 4.79 Å². The van der Waals surface area contributed by atoms with Gasteiger partial charge in [-0.15, -0.1) is 0 Å². The molecule has 1 aliphatic carbocycles. The molecule has 0 heterocycles. The molecule has 4 nitrogen and oxygen atoms in total. The summed E-state index contributed by atoms with van der Waals surface area (Å²) in [5.41, 5.74) is 0.